The monoisotopic (exact) mass is 392 g/mol. The summed E-state index contributed by atoms with van der Waals surface area (Å²) in [7, 11) is 0. The van der Waals surface area contributed by atoms with Gasteiger partial charge in [-0.15, -0.1) is 0 Å². The highest BCUT2D eigenvalue weighted by Crippen LogP contribution is 2.52. The highest BCUT2D eigenvalue weighted by Gasteiger charge is 2.59. The zero-order valence-corrected chi connectivity index (χ0v) is 13.3. The summed E-state index contributed by atoms with van der Waals surface area (Å²) in [6.45, 7) is 0. The number of hydrogen-bond acceptors (Lipinski definition) is 3. The molecule has 4 rings (SSSR count). The maximum absolute atomic E-state index is 12.4. The summed E-state index contributed by atoms with van der Waals surface area (Å²) in [5.41, 5.74) is 0.889. The van der Waals surface area contributed by atoms with Crippen LogP contribution in [-0.4, -0.2) is 23.0 Å². The zero-order valence-electron chi connectivity index (χ0n) is 11.1. The number of benzene rings is 1. The molecule has 1 saturated heterocycles. The number of allylic oxidation sites excluding steroid dienone is 2. The molecular formula is C16H13IN2O2. The van der Waals surface area contributed by atoms with Gasteiger partial charge in [-0.05, 0) is 58.5 Å². The number of hydrazone groups is 1. The van der Waals surface area contributed by atoms with Crippen LogP contribution in [0.25, 0.3) is 0 Å². The van der Waals surface area contributed by atoms with Gasteiger partial charge in [0.25, 0.3) is 11.8 Å². The minimum absolute atomic E-state index is 0.135. The first-order chi connectivity index (χ1) is 10.1. The average molecular weight is 392 g/mol. The first kappa shape index (κ1) is 13.2. The molecule has 1 saturated carbocycles. The van der Waals surface area contributed by atoms with Crippen LogP contribution in [0.2, 0.25) is 0 Å². The van der Waals surface area contributed by atoms with Crippen LogP contribution in [0.1, 0.15) is 12.0 Å². The van der Waals surface area contributed by atoms with Crippen molar-refractivity contribution in [2.75, 3.05) is 0 Å². The smallest absolute Gasteiger partial charge is 0.254 e. The second-order valence-corrected chi connectivity index (χ2v) is 7.03. The third-order valence-corrected chi connectivity index (χ3v) is 5.29. The Morgan fingerprint density at radius 1 is 1.14 bits per heavy atom. The van der Waals surface area contributed by atoms with Gasteiger partial charge >= 0.3 is 0 Å². The number of halogens is 1. The summed E-state index contributed by atoms with van der Waals surface area (Å²) in [5.74, 6) is -0.169. The third kappa shape index (κ3) is 1.97. The summed E-state index contributed by atoms with van der Waals surface area (Å²) >= 11 is 2.22. The number of fused-ring (bicyclic) bond motifs is 5. The molecule has 4 nitrogen and oxygen atoms in total. The molecule has 106 valence electrons. The van der Waals surface area contributed by atoms with E-state index < -0.39 is 0 Å². The van der Waals surface area contributed by atoms with E-state index in [2.05, 4.69) is 39.8 Å². The quantitative estimate of drug-likeness (QED) is 0.336. The van der Waals surface area contributed by atoms with E-state index in [1.54, 1.807) is 6.21 Å². The maximum Gasteiger partial charge on any atom is 0.254 e. The molecule has 2 amide bonds. The van der Waals surface area contributed by atoms with Gasteiger partial charge in [-0.3, -0.25) is 9.59 Å². The van der Waals surface area contributed by atoms with E-state index in [1.165, 1.54) is 0 Å². The van der Waals surface area contributed by atoms with Crippen molar-refractivity contribution < 1.29 is 9.59 Å². The van der Waals surface area contributed by atoms with Crippen molar-refractivity contribution in [3.8, 4) is 0 Å². The molecule has 21 heavy (non-hydrogen) atoms. The van der Waals surface area contributed by atoms with E-state index in [1.807, 2.05) is 24.3 Å². The van der Waals surface area contributed by atoms with Gasteiger partial charge in [0.05, 0.1) is 18.1 Å². The highest BCUT2D eigenvalue weighted by atomic mass is 127. The Hall–Kier alpha value is -1.50. The summed E-state index contributed by atoms with van der Waals surface area (Å²) in [6.07, 6.45) is 6.71. The minimum Gasteiger partial charge on any atom is -0.272 e. The largest absolute Gasteiger partial charge is 0.272 e. The van der Waals surface area contributed by atoms with Crippen molar-refractivity contribution in [3.63, 3.8) is 0 Å². The topological polar surface area (TPSA) is 49.7 Å². The molecule has 4 atom stereocenters. The fourth-order valence-corrected chi connectivity index (χ4v) is 4.28. The molecular weight excluding hydrogens is 379 g/mol. The van der Waals surface area contributed by atoms with E-state index >= 15 is 0 Å². The normalized spacial score (nSPS) is 33.5. The van der Waals surface area contributed by atoms with Crippen molar-refractivity contribution in [1.82, 2.24) is 5.01 Å². The molecule has 2 bridgehead atoms. The van der Waals surface area contributed by atoms with Crippen LogP contribution < -0.4 is 0 Å². The van der Waals surface area contributed by atoms with Gasteiger partial charge in [0.2, 0.25) is 0 Å². The van der Waals surface area contributed by atoms with Crippen molar-refractivity contribution in [1.29, 1.82) is 0 Å². The lowest BCUT2D eigenvalue weighted by molar-refractivity contribution is -0.140. The van der Waals surface area contributed by atoms with E-state index in [9.17, 15) is 9.59 Å². The van der Waals surface area contributed by atoms with Crippen LogP contribution in [-0.2, 0) is 9.59 Å². The first-order valence-corrected chi connectivity index (χ1v) is 8.09. The number of rotatable bonds is 2. The lowest BCUT2D eigenvalue weighted by Crippen LogP contribution is -2.28. The Morgan fingerprint density at radius 2 is 1.81 bits per heavy atom. The molecule has 1 aromatic rings. The Balaban J connectivity index is 1.60. The highest BCUT2D eigenvalue weighted by molar-refractivity contribution is 14.1. The van der Waals surface area contributed by atoms with Crippen LogP contribution in [0.15, 0.2) is 41.5 Å². The predicted molar refractivity (Wildman–Crippen MR) is 86.3 cm³/mol. The second kappa shape index (κ2) is 4.76. The fraction of sp³-hybridized carbons (Fsp3) is 0.312. The van der Waals surface area contributed by atoms with Gasteiger partial charge in [-0.1, -0.05) is 24.3 Å². The molecule has 2 fully saturated rings. The summed E-state index contributed by atoms with van der Waals surface area (Å²) in [5, 5.41) is 5.24. The van der Waals surface area contributed by atoms with Gasteiger partial charge in [-0.25, -0.2) is 0 Å². The summed E-state index contributed by atoms with van der Waals surface area (Å²) in [4.78, 5) is 24.9. The number of hydrogen-bond donors (Lipinski definition) is 0. The predicted octanol–water partition coefficient (Wildman–Crippen LogP) is 2.43. The Kier molecular flexibility index (Phi) is 2.99. The Morgan fingerprint density at radius 3 is 2.43 bits per heavy atom. The van der Waals surface area contributed by atoms with E-state index in [0.29, 0.717) is 0 Å². The van der Waals surface area contributed by atoms with Gasteiger partial charge in [0, 0.05) is 3.57 Å². The number of imide groups is 1. The van der Waals surface area contributed by atoms with Gasteiger partial charge < -0.3 is 0 Å². The van der Waals surface area contributed by atoms with Crippen LogP contribution in [0.3, 0.4) is 0 Å². The summed E-state index contributed by atoms with van der Waals surface area (Å²) < 4.78 is 1.09. The van der Waals surface area contributed by atoms with Crippen molar-refractivity contribution in [3.05, 3.63) is 45.6 Å². The fourth-order valence-electron chi connectivity index (χ4n) is 3.71. The number of nitrogens with zero attached hydrogens (tertiary/aromatic N) is 2. The Bertz CT molecular complexity index is 667. The van der Waals surface area contributed by atoms with Gasteiger partial charge in [0.1, 0.15) is 0 Å². The van der Waals surface area contributed by atoms with Crippen molar-refractivity contribution in [2.24, 2.45) is 28.8 Å². The molecule has 1 aliphatic heterocycles. The molecule has 4 unspecified atom stereocenters. The zero-order chi connectivity index (χ0) is 14.6. The minimum atomic E-state index is -0.180. The SMILES string of the molecule is O=C1C2C3C=CC(C3)C2C(=O)N1/N=C\c1cccc(I)c1. The first-order valence-electron chi connectivity index (χ1n) is 7.01. The van der Waals surface area contributed by atoms with Crippen LogP contribution in [0.5, 0.6) is 0 Å². The maximum atomic E-state index is 12.4. The molecule has 1 heterocycles. The molecule has 3 aliphatic rings. The molecule has 0 N–H and O–H groups in total. The second-order valence-electron chi connectivity index (χ2n) is 5.79. The van der Waals surface area contributed by atoms with Gasteiger partial charge in [0.15, 0.2) is 0 Å². The molecule has 0 radical (unpaired) electrons. The van der Waals surface area contributed by atoms with Crippen LogP contribution in [0.4, 0.5) is 0 Å². The van der Waals surface area contributed by atoms with E-state index in [4.69, 9.17) is 0 Å². The number of carbonyl (C=O) groups is 2. The van der Waals surface area contributed by atoms with Crippen molar-refractivity contribution >= 4 is 40.6 Å². The number of amides is 2. The standard InChI is InChI=1S/C16H13IN2O2/c17-12-3-1-2-9(6-12)8-18-19-15(20)13-10-4-5-11(7-10)14(13)16(19)21/h1-6,8,10-11,13-14H,7H2/b18-8-. The molecule has 5 heteroatoms. The van der Waals surface area contributed by atoms with Crippen molar-refractivity contribution in [2.45, 2.75) is 6.42 Å². The van der Waals surface area contributed by atoms with Gasteiger partial charge in [-0.2, -0.15) is 10.1 Å². The van der Waals surface area contributed by atoms with E-state index in [-0.39, 0.29) is 35.5 Å². The molecule has 1 aromatic carbocycles. The van der Waals surface area contributed by atoms with E-state index in [0.717, 1.165) is 20.6 Å². The lowest BCUT2D eigenvalue weighted by atomic mass is 9.85. The third-order valence-electron chi connectivity index (χ3n) is 4.62. The molecule has 0 spiro atoms. The molecule has 2 aliphatic carbocycles. The Labute approximate surface area is 136 Å². The lowest BCUT2D eigenvalue weighted by Gasteiger charge is -2.13. The average Bonchev–Trinajstić information content (AvgIpc) is 3.12. The van der Waals surface area contributed by atoms with Crippen LogP contribution >= 0.6 is 22.6 Å². The van der Waals surface area contributed by atoms with Crippen LogP contribution in [0, 0.1) is 27.2 Å². The summed E-state index contributed by atoms with van der Waals surface area (Å²) in [6, 6.07) is 7.78. The number of carbonyl (C=O) groups excluding carboxylic acids is 2. The molecule has 0 aromatic heterocycles.